The van der Waals surface area contributed by atoms with Crippen LogP contribution in [0.4, 0.5) is 0 Å². The Balaban J connectivity index is 2.16. The lowest BCUT2D eigenvalue weighted by atomic mass is 10.3. The van der Waals surface area contributed by atoms with Crippen molar-refractivity contribution >= 4 is 17.7 Å². The summed E-state index contributed by atoms with van der Waals surface area (Å²) in [5, 5.41) is 15.5. The normalized spacial score (nSPS) is 10.5. The molecule has 0 saturated heterocycles. The number of thioether (sulfide) groups is 1. The Morgan fingerprint density at radius 3 is 3.06 bits per heavy atom. The van der Waals surface area contributed by atoms with Gasteiger partial charge in [0.2, 0.25) is 0 Å². The van der Waals surface area contributed by atoms with Crippen molar-refractivity contribution in [1.29, 1.82) is 0 Å². The number of aromatic nitrogens is 2. The third kappa shape index (κ3) is 5.23. The summed E-state index contributed by atoms with van der Waals surface area (Å²) in [4.78, 5) is 11.6. The Morgan fingerprint density at radius 2 is 2.41 bits per heavy atom. The molecule has 1 heterocycles. The van der Waals surface area contributed by atoms with Gasteiger partial charge in [-0.05, 0) is 19.1 Å². The van der Waals surface area contributed by atoms with E-state index in [1.165, 1.54) is 0 Å². The van der Waals surface area contributed by atoms with E-state index >= 15 is 0 Å². The zero-order chi connectivity index (χ0) is 12.5. The lowest BCUT2D eigenvalue weighted by Gasteiger charge is -2.03. The molecule has 0 fully saturated rings. The van der Waals surface area contributed by atoms with Gasteiger partial charge >= 0.3 is 0 Å². The predicted molar refractivity (Wildman–Crippen MR) is 69.3 cm³/mol. The molecule has 1 amide bonds. The molecule has 0 saturated carbocycles. The molecular formula is C11H19N3O2S. The quantitative estimate of drug-likeness (QED) is 0.674. The van der Waals surface area contributed by atoms with Gasteiger partial charge in [0.05, 0.1) is 11.8 Å². The molecule has 0 bridgehead atoms. The van der Waals surface area contributed by atoms with Crippen molar-refractivity contribution < 1.29 is 9.90 Å². The van der Waals surface area contributed by atoms with Crippen LogP contribution in [-0.4, -0.2) is 45.5 Å². The average molecular weight is 257 g/mol. The fourth-order valence-electron chi connectivity index (χ4n) is 1.26. The molecule has 2 N–H and O–H groups in total. The first-order valence-corrected chi connectivity index (χ1v) is 6.92. The minimum absolute atomic E-state index is 0.0764. The van der Waals surface area contributed by atoms with Crippen molar-refractivity contribution in [3.05, 3.63) is 18.0 Å². The highest BCUT2D eigenvalue weighted by atomic mass is 32.2. The number of rotatable bonds is 8. The molecule has 0 atom stereocenters. The topological polar surface area (TPSA) is 67.2 Å². The van der Waals surface area contributed by atoms with E-state index in [0.717, 1.165) is 24.5 Å². The number of amides is 1. The van der Waals surface area contributed by atoms with Crippen molar-refractivity contribution in [2.45, 2.75) is 19.9 Å². The molecule has 1 aromatic heterocycles. The highest BCUT2D eigenvalue weighted by Crippen LogP contribution is 2.01. The standard InChI is InChI=1S/C11H19N3O2S/c1-2-14-9-10(8-13-14)11(16)12-4-7-17-6-3-5-15/h8-9,15H,2-7H2,1H3,(H,12,16). The summed E-state index contributed by atoms with van der Waals surface area (Å²) in [6, 6.07) is 0. The van der Waals surface area contributed by atoms with E-state index in [1.807, 2.05) is 6.92 Å². The van der Waals surface area contributed by atoms with Crippen LogP contribution in [-0.2, 0) is 6.54 Å². The Kier molecular flexibility index (Phi) is 6.73. The monoisotopic (exact) mass is 257 g/mol. The first-order chi connectivity index (χ1) is 8.27. The summed E-state index contributed by atoms with van der Waals surface area (Å²) >= 11 is 1.73. The molecule has 1 rings (SSSR count). The molecule has 0 aliphatic heterocycles. The maximum Gasteiger partial charge on any atom is 0.254 e. The van der Waals surface area contributed by atoms with Crippen molar-refractivity contribution in [3.8, 4) is 0 Å². The number of aryl methyl sites for hydroxylation is 1. The summed E-state index contributed by atoms with van der Waals surface area (Å²) in [6.07, 6.45) is 4.13. The number of hydrogen-bond acceptors (Lipinski definition) is 4. The highest BCUT2D eigenvalue weighted by molar-refractivity contribution is 7.99. The van der Waals surface area contributed by atoms with Gasteiger partial charge in [0.1, 0.15) is 0 Å². The van der Waals surface area contributed by atoms with Gasteiger partial charge in [-0.25, -0.2) is 0 Å². The van der Waals surface area contributed by atoms with Crippen LogP contribution in [0, 0.1) is 0 Å². The maximum absolute atomic E-state index is 11.6. The molecule has 0 aliphatic carbocycles. The number of nitrogens with zero attached hydrogens (tertiary/aromatic N) is 2. The van der Waals surface area contributed by atoms with Gasteiger partial charge in [-0.3, -0.25) is 9.48 Å². The summed E-state index contributed by atoms with van der Waals surface area (Å²) in [5.41, 5.74) is 0.604. The van der Waals surface area contributed by atoms with Crippen LogP contribution in [0.2, 0.25) is 0 Å². The van der Waals surface area contributed by atoms with E-state index in [0.29, 0.717) is 12.1 Å². The smallest absolute Gasteiger partial charge is 0.254 e. The molecular weight excluding hydrogens is 238 g/mol. The Morgan fingerprint density at radius 1 is 1.59 bits per heavy atom. The van der Waals surface area contributed by atoms with Gasteiger partial charge in [-0.15, -0.1) is 0 Å². The molecule has 0 unspecified atom stereocenters. The average Bonchev–Trinajstić information content (AvgIpc) is 2.82. The number of aliphatic hydroxyl groups is 1. The fraction of sp³-hybridized carbons (Fsp3) is 0.636. The first kappa shape index (κ1) is 14.1. The molecule has 6 heteroatoms. The predicted octanol–water partition coefficient (Wildman–Crippen LogP) is 0.748. The third-order valence-corrected chi connectivity index (χ3v) is 3.27. The van der Waals surface area contributed by atoms with E-state index < -0.39 is 0 Å². The largest absolute Gasteiger partial charge is 0.396 e. The third-order valence-electron chi connectivity index (χ3n) is 2.20. The van der Waals surface area contributed by atoms with E-state index in [1.54, 1.807) is 28.8 Å². The van der Waals surface area contributed by atoms with Crippen LogP contribution in [0.3, 0.4) is 0 Å². The Labute approximate surface area is 106 Å². The minimum Gasteiger partial charge on any atom is -0.396 e. The van der Waals surface area contributed by atoms with Gasteiger partial charge in [-0.1, -0.05) is 0 Å². The second-order valence-corrected chi connectivity index (χ2v) is 4.75. The lowest BCUT2D eigenvalue weighted by Crippen LogP contribution is -2.25. The van der Waals surface area contributed by atoms with Crippen molar-refractivity contribution in [1.82, 2.24) is 15.1 Å². The molecule has 5 nitrogen and oxygen atoms in total. The van der Waals surface area contributed by atoms with Crippen molar-refractivity contribution in [3.63, 3.8) is 0 Å². The minimum atomic E-state index is -0.0764. The summed E-state index contributed by atoms with van der Waals surface area (Å²) in [7, 11) is 0. The number of carbonyl (C=O) groups excluding carboxylic acids is 1. The molecule has 0 radical (unpaired) electrons. The van der Waals surface area contributed by atoms with E-state index in [2.05, 4.69) is 10.4 Å². The fourth-order valence-corrected chi connectivity index (χ4v) is 2.04. The summed E-state index contributed by atoms with van der Waals surface area (Å²) in [5.74, 6) is 1.72. The van der Waals surface area contributed by atoms with Crippen LogP contribution in [0.1, 0.15) is 23.7 Å². The number of carbonyl (C=O) groups is 1. The van der Waals surface area contributed by atoms with E-state index in [-0.39, 0.29) is 12.5 Å². The van der Waals surface area contributed by atoms with Crippen molar-refractivity contribution in [2.75, 3.05) is 24.7 Å². The molecule has 17 heavy (non-hydrogen) atoms. The van der Waals surface area contributed by atoms with Gasteiger partial charge in [-0.2, -0.15) is 16.9 Å². The van der Waals surface area contributed by atoms with Crippen LogP contribution in [0.25, 0.3) is 0 Å². The molecule has 96 valence electrons. The second-order valence-electron chi connectivity index (χ2n) is 3.53. The summed E-state index contributed by atoms with van der Waals surface area (Å²) in [6.45, 7) is 3.62. The number of nitrogens with one attached hydrogen (secondary N) is 1. The van der Waals surface area contributed by atoms with Crippen LogP contribution >= 0.6 is 11.8 Å². The molecule has 0 spiro atoms. The van der Waals surface area contributed by atoms with Gasteiger partial charge in [0, 0.05) is 31.6 Å². The zero-order valence-corrected chi connectivity index (χ0v) is 10.9. The van der Waals surface area contributed by atoms with E-state index in [4.69, 9.17) is 5.11 Å². The molecule has 0 aliphatic rings. The van der Waals surface area contributed by atoms with Crippen molar-refractivity contribution in [2.24, 2.45) is 0 Å². The second kappa shape index (κ2) is 8.14. The zero-order valence-electron chi connectivity index (χ0n) is 10.1. The SMILES string of the molecule is CCn1cc(C(=O)NCCSCCCO)cn1. The molecule has 1 aromatic rings. The van der Waals surface area contributed by atoms with Gasteiger partial charge in [0.15, 0.2) is 0 Å². The van der Waals surface area contributed by atoms with Crippen LogP contribution < -0.4 is 5.32 Å². The van der Waals surface area contributed by atoms with Gasteiger partial charge in [0.25, 0.3) is 5.91 Å². The van der Waals surface area contributed by atoms with Crippen LogP contribution in [0.5, 0.6) is 0 Å². The number of aliphatic hydroxyl groups excluding tert-OH is 1. The highest BCUT2D eigenvalue weighted by Gasteiger charge is 2.06. The van der Waals surface area contributed by atoms with Gasteiger partial charge < -0.3 is 10.4 Å². The van der Waals surface area contributed by atoms with E-state index in [9.17, 15) is 4.79 Å². The maximum atomic E-state index is 11.6. The molecule has 0 aromatic carbocycles. The Hall–Kier alpha value is -1.01. The lowest BCUT2D eigenvalue weighted by molar-refractivity contribution is 0.0956. The Bertz CT molecular complexity index is 341. The van der Waals surface area contributed by atoms with Crippen LogP contribution in [0.15, 0.2) is 12.4 Å². The number of hydrogen-bond donors (Lipinski definition) is 2. The summed E-state index contributed by atoms with van der Waals surface area (Å²) < 4.78 is 1.73. The first-order valence-electron chi connectivity index (χ1n) is 5.77.